The molecule has 9 heteroatoms. The number of ether oxygens (including phenoxy) is 1. The number of rotatable bonds is 3. The average molecular weight is 633 g/mol. The van der Waals surface area contributed by atoms with E-state index in [-0.39, 0.29) is 29.7 Å². The third kappa shape index (κ3) is 7.69. The van der Waals surface area contributed by atoms with E-state index in [9.17, 15) is 14.4 Å². The molecule has 3 atom stereocenters. The second-order valence-corrected chi connectivity index (χ2v) is 11.4. The highest BCUT2D eigenvalue weighted by molar-refractivity contribution is 14.1. The second kappa shape index (κ2) is 13.4. The lowest BCUT2D eigenvalue weighted by Crippen LogP contribution is -2.56. The minimum Gasteiger partial charge on any atom is -0.492 e. The summed E-state index contributed by atoms with van der Waals surface area (Å²) < 4.78 is 7.15. The molecule has 2 aromatic carbocycles. The summed E-state index contributed by atoms with van der Waals surface area (Å²) in [5, 5.41) is 9.29. The van der Waals surface area contributed by atoms with Crippen LogP contribution >= 0.6 is 22.6 Å². The normalized spacial score (nSPS) is 24.3. The molecule has 3 N–H and O–H groups in total. The number of nitrogens with zero attached hydrogens (tertiary/aromatic N) is 1. The summed E-state index contributed by atoms with van der Waals surface area (Å²) in [6.07, 6.45) is 3.83. The SMILES string of the molecule is C[C@@H]1C(=O)N[C@H](Cc2ccc(I)cc2)C(=O)NCCCc2ccccc2OCCN[C@@H](C2CC2)C(=O)N1C. The van der Waals surface area contributed by atoms with Crippen molar-refractivity contribution in [2.24, 2.45) is 5.92 Å². The lowest BCUT2D eigenvalue weighted by atomic mass is 10.0. The van der Waals surface area contributed by atoms with E-state index in [0.29, 0.717) is 26.1 Å². The molecule has 1 aliphatic carbocycles. The number of para-hydroxylation sites is 1. The van der Waals surface area contributed by atoms with Gasteiger partial charge in [-0.3, -0.25) is 14.4 Å². The fourth-order valence-corrected chi connectivity index (χ4v) is 5.03. The fraction of sp³-hybridized carbons (Fsp3) is 0.483. The summed E-state index contributed by atoms with van der Waals surface area (Å²) in [6, 6.07) is 14.0. The first kappa shape index (κ1) is 28.4. The third-order valence-electron chi connectivity index (χ3n) is 7.27. The number of halogens is 1. The molecular weight excluding hydrogens is 595 g/mol. The van der Waals surface area contributed by atoms with Crippen molar-refractivity contribution in [3.63, 3.8) is 0 Å². The van der Waals surface area contributed by atoms with Gasteiger partial charge in [0.2, 0.25) is 17.7 Å². The molecule has 1 fully saturated rings. The molecule has 0 aromatic heterocycles. The zero-order valence-corrected chi connectivity index (χ0v) is 24.2. The number of carbonyl (C=O) groups excluding carboxylic acids is 3. The van der Waals surface area contributed by atoms with Crippen molar-refractivity contribution in [2.45, 2.75) is 57.2 Å². The summed E-state index contributed by atoms with van der Waals surface area (Å²) in [5.74, 6) is 0.388. The lowest BCUT2D eigenvalue weighted by Gasteiger charge is -2.30. The summed E-state index contributed by atoms with van der Waals surface area (Å²) in [5.41, 5.74) is 2.03. The summed E-state index contributed by atoms with van der Waals surface area (Å²) in [4.78, 5) is 41.4. The van der Waals surface area contributed by atoms with Crippen LogP contribution in [0, 0.1) is 9.49 Å². The van der Waals surface area contributed by atoms with Gasteiger partial charge < -0.3 is 25.6 Å². The topological polar surface area (TPSA) is 99.8 Å². The van der Waals surface area contributed by atoms with Crippen molar-refractivity contribution >= 4 is 40.3 Å². The van der Waals surface area contributed by atoms with E-state index >= 15 is 0 Å². The van der Waals surface area contributed by atoms with E-state index < -0.39 is 12.1 Å². The quantitative estimate of drug-likeness (QED) is 0.453. The standard InChI is InChI=1S/C29H37IN4O4/c1-19-27(35)33-24(18-20-9-13-23(30)14-10-20)28(36)32-15-5-7-21-6-3-4-8-25(21)38-17-16-31-26(22-11-12-22)29(37)34(19)2/h3-4,6,8-10,13-14,19,22,24,26,31H,5,7,11-12,15-18H2,1-2H3,(H,32,36)(H,33,35)/t19-,24-,26+/m1/s1. The van der Waals surface area contributed by atoms with Crippen LogP contribution in [0.5, 0.6) is 5.75 Å². The first-order valence-electron chi connectivity index (χ1n) is 13.4. The Labute approximate surface area is 238 Å². The van der Waals surface area contributed by atoms with E-state index in [1.807, 2.05) is 48.5 Å². The summed E-state index contributed by atoms with van der Waals surface area (Å²) in [7, 11) is 1.66. The molecule has 204 valence electrons. The van der Waals surface area contributed by atoms with Gasteiger partial charge in [0.05, 0.1) is 6.04 Å². The Balaban J connectivity index is 1.54. The smallest absolute Gasteiger partial charge is 0.243 e. The number of nitrogens with one attached hydrogen (secondary N) is 3. The van der Waals surface area contributed by atoms with E-state index in [0.717, 1.165) is 46.1 Å². The van der Waals surface area contributed by atoms with Gasteiger partial charge in [0, 0.05) is 30.1 Å². The van der Waals surface area contributed by atoms with Crippen molar-refractivity contribution in [1.82, 2.24) is 20.9 Å². The van der Waals surface area contributed by atoms with Crippen LogP contribution in [0.2, 0.25) is 0 Å². The zero-order valence-electron chi connectivity index (χ0n) is 22.0. The molecule has 0 bridgehead atoms. The van der Waals surface area contributed by atoms with Gasteiger partial charge in [-0.1, -0.05) is 30.3 Å². The van der Waals surface area contributed by atoms with E-state index in [4.69, 9.17) is 4.74 Å². The van der Waals surface area contributed by atoms with Gasteiger partial charge in [0.1, 0.15) is 24.4 Å². The Morgan fingerprint density at radius 2 is 1.74 bits per heavy atom. The van der Waals surface area contributed by atoms with Crippen molar-refractivity contribution in [3.05, 3.63) is 63.2 Å². The molecule has 38 heavy (non-hydrogen) atoms. The molecule has 0 spiro atoms. The van der Waals surface area contributed by atoms with Crippen molar-refractivity contribution in [2.75, 3.05) is 26.7 Å². The van der Waals surface area contributed by atoms with Gasteiger partial charge in [0.25, 0.3) is 0 Å². The summed E-state index contributed by atoms with van der Waals surface area (Å²) >= 11 is 2.24. The number of fused-ring (bicyclic) bond motifs is 1. The van der Waals surface area contributed by atoms with Crippen molar-refractivity contribution in [3.8, 4) is 5.75 Å². The number of amides is 3. The highest BCUT2D eigenvalue weighted by Gasteiger charge is 2.39. The first-order valence-corrected chi connectivity index (χ1v) is 14.4. The molecule has 1 saturated carbocycles. The minimum atomic E-state index is -0.750. The third-order valence-corrected chi connectivity index (χ3v) is 7.99. The minimum absolute atomic E-state index is 0.115. The van der Waals surface area contributed by atoms with Crippen molar-refractivity contribution < 1.29 is 19.1 Å². The number of aryl methyl sites for hydroxylation is 1. The predicted octanol–water partition coefficient (Wildman–Crippen LogP) is 2.68. The van der Waals surface area contributed by atoms with Gasteiger partial charge in [0.15, 0.2) is 0 Å². The van der Waals surface area contributed by atoms with Crippen LogP contribution in [0.15, 0.2) is 48.5 Å². The molecule has 0 unspecified atom stereocenters. The van der Waals surface area contributed by atoms with Crippen LogP contribution in [0.4, 0.5) is 0 Å². The van der Waals surface area contributed by atoms with Crippen LogP contribution < -0.4 is 20.7 Å². The van der Waals surface area contributed by atoms with E-state index in [1.165, 1.54) is 4.90 Å². The maximum atomic E-state index is 13.4. The second-order valence-electron chi connectivity index (χ2n) is 10.1. The molecule has 1 aliphatic heterocycles. The molecule has 4 rings (SSSR count). The van der Waals surface area contributed by atoms with Crippen LogP contribution in [0.25, 0.3) is 0 Å². The molecule has 2 aromatic rings. The number of benzene rings is 2. The molecule has 0 radical (unpaired) electrons. The predicted molar refractivity (Wildman–Crippen MR) is 155 cm³/mol. The molecule has 1 heterocycles. The molecule has 8 nitrogen and oxygen atoms in total. The monoisotopic (exact) mass is 632 g/mol. The van der Waals surface area contributed by atoms with Crippen LogP contribution in [0.1, 0.15) is 37.3 Å². The highest BCUT2D eigenvalue weighted by Crippen LogP contribution is 2.33. The van der Waals surface area contributed by atoms with Crippen LogP contribution in [-0.2, 0) is 27.2 Å². The van der Waals surface area contributed by atoms with Crippen LogP contribution in [-0.4, -0.2) is 67.5 Å². The Morgan fingerprint density at radius 1 is 1.00 bits per heavy atom. The lowest BCUT2D eigenvalue weighted by molar-refractivity contribution is -0.141. The number of hydrogen-bond donors (Lipinski definition) is 3. The van der Waals surface area contributed by atoms with E-state index in [2.05, 4.69) is 38.5 Å². The Kier molecular flexibility index (Phi) is 10.0. The molecule has 2 aliphatic rings. The molecule has 3 amide bonds. The number of hydrogen-bond acceptors (Lipinski definition) is 5. The van der Waals surface area contributed by atoms with E-state index in [1.54, 1.807) is 14.0 Å². The Bertz CT molecular complexity index is 1120. The first-order chi connectivity index (χ1) is 18.3. The highest BCUT2D eigenvalue weighted by atomic mass is 127. The van der Waals surface area contributed by atoms with Crippen molar-refractivity contribution in [1.29, 1.82) is 0 Å². The fourth-order valence-electron chi connectivity index (χ4n) is 4.67. The zero-order chi connectivity index (χ0) is 27.1. The maximum Gasteiger partial charge on any atom is 0.243 e. The maximum absolute atomic E-state index is 13.4. The molecule has 0 saturated heterocycles. The average Bonchev–Trinajstić information content (AvgIpc) is 3.76. The summed E-state index contributed by atoms with van der Waals surface area (Å²) in [6.45, 7) is 3.15. The number of carbonyl (C=O) groups is 3. The largest absolute Gasteiger partial charge is 0.492 e. The van der Waals surface area contributed by atoms with Gasteiger partial charge in [-0.2, -0.15) is 0 Å². The number of likely N-dealkylation sites (N-methyl/N-ethyl adjacent to an activating group) is 1. The molecular formula is C29H37IN4O4. The van der Waals surface area contributed by atoms with Gasteiger partial charge in [-0.05, 0) is 90.4 Å². The van der Waals surface area contributed by atoms with Crippen LogP contribution in [0.3, 0.4) is 0 Å². The Morgan fingerprint density at radius 3 is 2.47 bits per heavy atom. The van der Waals surface area contributed by atoms with Gasteiger partial charge >= 0.3 is 0 Å². The van der Waals surface area contributed by atoms with Gasteiger partial charge in [-0.25, -0.2) is 0 Å². The Hall–Kier alpha value is -2.66. The van der Waals surface area contributed by atoms with Gasteiger partial charge in [-0.15, -0.1) is 0 Å².